The molecule has 1 aromatic carbocycles. The quantitative estimate of drug-likeness (QED) is 0.939. The summed E-state index contributed by atoms with van der Waals surface area (Å²) >= 11 is 1.12. The number of hydrogen-bond donors (Lipinski definition) is 1. The number of fused-ring (bicyclic) bond motifs is 1. The second-order valence-electron chi connectivity index (χ2n) is 4.46. The average Bonchev–Trinajstić information content (AvgIpc) is 2.54. The first-order chi connectivity index (χ1) is 10.6. The lowest BCUT2D eigenvalue weighted by Crippen LogP contribution is -2.26. The Morgan fingerprint density at radius 3 is 2.68 bits per heavy atom. The summed E-state index contributed by atoms with van der Waals surface area (Å²) < 4.78 is 13.8. The zero-order valence-electron chi connectivity index (χ0n) is 11.5. The van der Waals surface area contributed by atoms with Gasteiger partial charge in [0.2, 0.25) is 11.6 Å². The highest BCUT2D eigenvalue weighted by Gasteiger charge is 2.33. The van der Waals surface area contributed by atoms with Crippen LogP contribution < -0.4 is 5.32 Å². The monoisotopic (exact) mass is 315 g/mol. The summed E-state index contributed by atoms with van der Waals surface area (Å²) in [6.45, 7) is 0. The van der Waals surface area contributed by atoms with Gasteiger partial charge in [-0.15, -0.1) is 11.8 Å². The van der Waals surface area contributed by atoms with Crippen molar-refractivity contribution in [2.45, 2.75) is 0 Å². The second-order valence-corrected chi connectivity index (χ2v) is 5.27. The molecule has 1 heterocycles. The molecule has 0 atom stereocenters. The molecule has 0 fully saturated rings. The van der Waals surface area contributed by atoms with E-state index in [-0.39, 0.29) is 33.3 Å². The van der Waals surface area contributed by atoms with Crippen molar-refractivity contribution >= 4 is 29.0 Å². The fraction of sp³-hybridized carbons (Fsp3) is 0.0667. The fourth-order valence-corrected chi connectivity index (χ4v) is 2.77. The third-order valence-electron chi connectivity index (χ3n) is 3.17. The first kappa shape index (κ1) is 14.4. The van der Waals surface area contributed by atoms with Crippen LogP contribution in [0.15, 0.2) is 47.4 Å². The van der Waals surface area contributed by atoms with Gasteiger partial charge in [-0.3, -0.25) is 9.59 Å². The standard InChI is InChI=1S/C15H10FN3O2S/c1-22-15-12(19-10-5-3-2-4-9(10)16)13(20)8-6-17-7-18-11(8)14(15)21/h2-7,19H,1H3. The molecule has 0 aliphatic heterocycles. The van der Waals surface area contributed by atoms with Crippen molar-refractivity contribution in [3.8, 4) is 0 Å². The average molecular weight is 315 g/mol. The van der Waals surface area contributed by atoms with Gasteiger partial charge < -0.3 is 5.32 Å². The summed E-state index contributed by atoms with van der Waals surface area (Å²) in [6.07, 6.45) is 4.19. The zero-order chi connectivity index (χ0) is 15.7. The predicted molar refractivity (Wildman–Crippen MR) is 81.3 cm³/mol. The van der Waals surface area contributed by atoms with Crippen LogP contribution in [0.5, 0.6) is 0 Å². The van der Waals surface area contributed by atoms with Gasteiger partial charge in [-0.25, -0.2) is 14.4 Å². The summed E-state index contributed by atoms with van der Waals surface area (Å²) in [7, 11) is 0. The Morgan fingerprint density at radius 2 is 1.95 bits per heavy atom. The van der Waals surface area contributed by atoms with Crippen molar-refractivity contribution in [3.05, 3.63) is 64.5 Å². The second kappa shape index (κ2) is 5.69. The van der Waals surface area contributed by atoms with Gasteiger partial charge in [0.25, 0.3) is 0 Å². The Hall–Kier alpha value is -2.54. The summed E-state index contributed by atoms with van der Waals surface area (Å²) in [4.78, 5) is 32.8. The highest BCUT2D eigenvalue weighted by atomic mass is 32.2. The van der Waals surface area contributed by atoms with Crippen LogP contribution in [0.25, 0.3) is 0 Å². The molecule has 0 bridgehead atoms. The van der Waals surface area contributed by atoms with E-state index in [1.165, 1.54) is 24.7 Å². The molecule has 1 aromatic heterocycles. The van der Waals surface area contributed by atoms with Crippen LogP contribution in [0.3, 0.4) is 0 Å². The minimum atomic E-state index is -0.509. The Morgan fingerprint density at radius 1 is 1.18 bits per heavy atom. The predicted octanol–water partition coefficient (Wildman–Crippen LogP) is 2.68. The maximum Gasteiger partial charge on any atom is 0.220 e. The number of ketones is 2. The SMILES string of the molecule is CSC1=C(Nc2ccccc2F)C(=O)c2cncnc2C1=O. The lowest BCUT2D eigenvalue weighted by Gasteiger charge is -2.20. The maximum absolute atomic E-state index is 13.8. The molecule has 0 unspecified atom stereocenters. The normalized spacial score (nSPS) is 14.1. The number of benzene rings is 1. The van der Waals surface area contributed by atoms with Gasteiger partial charge in [0, 0.05) is 6.20 Å². The topological polar surface area (TPSA) is 72.0 Å². The van der Waals surface area contributed by atoms with Crippen LogP contribution in [0.2, 0.25) is 0 Å². The van der Waals surface area contributed by atoms with E-state index in [1.807, 2.05) is 0 Å². The van der Waals surface area contributed by atoms with Crippen molar-refractivity contribution < 1.29 is 14.0 Å². The molecule has 22 heavy (non-hydrogen) atoms. The van der Waals surface area contributed by atoms with Crippen LogP contribution in [0.1, 0.15) is 20.8 Å². The number of anilines is 1. The fourth-order valence-electron chi connectivity index (χ4n) is 2.14. The van der Waals surface area contributed by atoms with Crippen molar-refractivity contribution in [1.29, 1.82) is 0 Å². The van der Waals surface area contributed by atoms with Gasteiger partial charge in [0.05, 0.1) is 16.2 Å². The van der Waals surface area contributed by atoms with Crippen molar-refractivity contribution in [2.75, 3.05) is 11.6 Å². The molecule has 1 N–H and O–H groups in total. The highest BCUT2D eigenvalue weighted by Crippen LogP contribution is 2.31. The molecule has 110 valence electrons. The molecule has 3 rings (SSSR count). The van der Waals surface area contributed by atoms with Crippen molar-refractivity contribution in [2.24, 2.45) is 0 Å². The molecule has 0 radical (unpaired) electrons. The molecule has 0 saturated heterocycles. The number of nitrogens with zero attached hydrogens (tertiary/aromatic N) is 2. The van der Waals surface area contributed by atoms with E-state index in [4.69, 9.17) is 0 Å². The molecule has 0 amide bonds. The third kappa shape index (κ3) is 2.29. The van der Waals surface area contributed by atoms with Gasteiger partial charge in [-0.2, -0.15) is 0 Å². The number of thioether (sulfide) groups is 1. The van der Waals surface area contributed by atoms with Gasteiger partial charge in [-0.1, -0.05) is 12.1 Å². The van der Waals surface area contributed by atoms with E-state index in [9.17, 15) is 14.0 Å². The number of para-hydroxylation sites is 1. The number of nitrogens with one attached hydrogen (secondary N) is 1. The molecular weight excluding hydrogens is 305 g/mol. The summed E-state index contributed by atoms with van der Waals surface area (Å²) in [6, 6.07) is 5.95. The molecule has 0 saturated carbocycles. The summed E-state index contributed by atoms with van der Waals surface area (Å²) in [5.74, 6) is -1.31. The molecule has 0 spiro atoms. The summed E-state index contributed by atoms with van der Waals surface area (Å²) in [5, 5.41) is 2.73. The number of rotatable bonds is 3. The van der Waals surface area contributed by atoms with Crippen molar-refractivity contribution in [3.63, 3.8) is 0 Å². The molecular formula is C15H10FN3O2S. The highest BCUT2D eigenvalue weighted by molar-refractivity contribution is 8.03. The lowest BCUT2D eigenvalue weighted by molar-refractivity contribution is 0.0978. The van der Waals surface area contributed by atoms with Gasteiger partial charge in [0.1, 0.15) is 23.5 Å². The number of carbonyl (C=O) groups is 2. The van der Waals surface area contributed by atoms with E-state index >= 15 is 0 Å². The molecule has 5 nitrogen and oxygen atoms in total. The van der Waals surface area contributed by atoms with Crippen LogP contribution in [0, 0.1) is 5.82 Å². The Labute approximate surface area is 129 Å². The number of allylic oxidation sites excluding steroid dienone is 2. The number of Topliss-reactive ketones (excluding diaryl/α,β-unsaturated/α-hetero) is 2. The minimum Gasteiger partial charge on any atom is -0.349 e. The lowest BCUT2D eigenvalue weighted by atomic mass is 9.98. The molecule has 1 aliphatic rings. The zero-order valence-corrected chi connectivity index (χ0v) is 12.3. The number of hydrogen-bond acceptors (Lipinski definition) is 6. The first-order valence-corrected chi connectivity index (χ1v) is 7.55. The molecule has 2 aromatic rings. The smallest absolute Gasteiger partial charge is 0.220 e. The van der Waals surface area contributed by atoms with Crippen LogP contribution in [-0.2, 0) is 0 Å². The maximum atomic E-state index is 13.8. The van der Waals surface area contributed by atoms with Crippen LogP contribution in [-0.4, -0.2) is 27.8 Å². The van der Waals surface area contributed by atoms with Gasteiger partial charge >= 0.3 is 0 Å². The van der Waals surface area contributed by atoms with E-state index in [1.54, 1.807) is 18.4 Å². The van der Waals surface area contributed by atoms with E-state index in [0.717, 1.165) is 11.8 Å². The van der Waals surface area contributed by atoms with Crippen LogP contribution >= 0.6 is 11.8 Å². The van der Waals surface area contributed by atoms with Crippen LogP contribution in [0.4, 0.5) is 10.1 Å². The first-order valence-electron chi connectivity index (χ1n) is 6.32. The minimum absolute atomic E-state index is 0.0462. The van der Waals surface area contributed by atoms with E-state index < -0.39 is 11.6 Å². The largest absolute Gasteiger partial charge is 0.349 e. The number of carbonyl (C=O) groups excluding carboxylic acids is 2. The number of aromatic nitrogens is 2. The summed E-state index contributed by atoms with van der Waals surface area (Å²) in [5.41, 5.74) is 0.364. The van der Waals surface area contributed by atoms with E-state index in [0.29, 0.717) is 0 Å². The Bertz CT molecular complexity index is 820. The molecule has 1 aliphatic carbocycles. The van der Waals surface area contributed by atoms with E-state index in [2.05, 4.69) is 15.3 Å². The van der Waals surface area contributed by atoms with Gasteiger partial charge in [-0.05, 0) is 18.4 Å². The Balaban J connectivity index is 2.11. The third-order valence-corrected chi connectivity index (χ3v) is 3.97. The van der Waals surface area contributed by atoms with Gasteiger partial charge in [0.15, 0.2) is 0 Å². The Kier molecular flexibility index (Phi) is 3.72. The number of halogens is 1. The molecule has 7 heteroatoms. The van der Waals surface area contributed by atoms with Crippen molar-refractivity contribution in [1.82, 2.24) is 9.97 Å².